The van der Waals surface area contributed by atoms with Gasteiger partial charge in [0.1, 0.15) is 0 Å². The van der Waals surface area contributed by atoms with Crippen LogP contribution in [0.1, 0.15) is 67.2 Å². The lowest BCUT2D eigenvalue weighted by molar-refractivity contribution is 0.459. The largest absolute Gasteiger partial charge is 0.385 e. The molecule has 0 saturated heterocycles. The van der Waals surface area contributed by atoms with Gasteiger partial charge in [0.15, 0.2) is 0 Å². The van der Waals surface area contributed by atoms with Crippen molar-refractivity contribution in [1.82, 2.24) is 16.0 Å². The average Bonchev–Trinajstić information content (AvgIpc) is 3.02. The lowest BCUT2D eigenvalue weighted by Gasteiger charge is -2.22. The number of allylic oxidation sites excluding steroid dienone is 2. The number of hydrogen-bond donors (Lipinski definition) is 3. The van der Waals surface area contributed by atoms with Crippen LogP contribution in [0.3, 0.4) is 0 Å². The fourth-order valence-electron chi connectivity index (χ4n) is 3.47. The molecule has 0 aromatic rings. The first-order valence-electron chi connectivity index (χ1n) is 10.5. The van der Waals surface area contributed by atoms with Crippen LogP contribution in [-0.4, -0.2) is 37.4 Å². The Bertz CT molecular complexity index is 479. The Balaban J connectivity index is 2.28. The molecule has 0 aliphatic carbocycles. The van der Waals surface area contributed by atoms with E-state index in [9.17, 15) is 0 Å². The van der Waals surface area contributed by atoms with Gasteiger partial charge in [-0.3, -0.25) is 4.99 Å². The highest BCUT2D eigenvalue weighted by Gasteiger charge is 2.18. The van der Waals surface area contributed by atoms with Crippen LogP contribution in [0.25, 0.3) is 0 Å². The van der Waals surface area contributed by atoms with Crippen LogP contribution < -0.4 is 16.0 Å². The maximum absolute atomic E-state index is 4.61. The fourth-order valence-corrected chi connectivity index (χ4v) is 3.47. The van der Waals surface area contributed by atoms with Crippen LogP contribution >= 0.6 is 0 Å². The van der Waals surface area contributed by atoms with Gasteiger partial charge in [0.25, 0.3) is 0 Å². The standard InChI is InChI=1S/C22H42N4/c1-8-20(26-19(7)22-13-17(5)14-24-22)10-11-23-15-21(9-2)25-18(6)12-16(3)4/h9,16-18,20,23,25-26H,7-8,10-15H2,1-6H3/b21-9+. The summed E-state index contributed by atoms with van der Waals surface area (Å²) in [6, 6.07) is 0.974. The van der Waals surface area contributed by atoms with Crippen molar-refractivity contribution in [3.63, 3.8) is 0 Å². The van der Waals surface area contributed by atoms with Gasteiger partial charge in [-0.1, -0.05) is 40.3 Å². The molecule has 3 unspecified atom stereocenters. The molecule has 0 aromatic carbocycles. The molecule has 3 atom stereocenters. The summed E-state index contributed by atoms with van der Waals surface area (Å²) in [7, 11) is 0. The molecule has 4 heteroatoms. The third-order valence-electron chi connectivity index (χ3n) is 4.95. The van der Waals surface area contributed by atoms with Crippen LogP contribution in [-0.2, 0) is 0 Å². The van der Waals surface area contributed by atoms with Gasteiger partial charge in [-0.15, -0.1) is 0 Å². The van der Waals surface area contributed by atoms with Crippen LogP contribution in [0.4, 0.5) is 0 Å². The summed E-state index contributed by atoms with van der Waals surface area (Å²) in [5, 5.41) is 10.8. The molecule has 1 aliphatic rings. The number of nitrogens with one attached hydrogen (secondary N) is 3. The summed E-state index contributed by atoms with van der Waals surface area (Å²) in [6.45, 7) is 20.5. The third kappa shape index (κ3) is 8.88. The molecule has 1 aliphatic heterocycles. The molecule has 0 amide bonds. The molecular formula is C22H42N4. The van der Waals surface area contributed by atoms with E-state index in [-0.39, 0.29) is 0 Å². The number of aliphatic imine (C=N–C) groups is 1. The molecule has 0 aromatic heterocycles. The maximum Gasteiger partial charge on any atom is 0.0576 e. The molecule has 0 radical (unpaired) electrons. The summed E-state index contributed by atoms with van der Waals surface area (Å²) in [4.78, 5) is 4.61. The first-order valence-corrected chi connectivity index (χ1v) is 10.5. The highest BCUT2D eigenvalue weighted by Crippen LogP contribution is 2.16. The molecule has 0 spiro atoms. The predicted octanol–water partition coefficient (Wildman–Crippen LogP) is 4.26. The molecule has 0 saturated carbocycles. The van der Waals surface area contributed by atoms with Crippen molar-refractivity contribution in [2.24, 2.45) is 16.8 Å². The van der Waals surface area contributed by atoms with Crippen LogP contribution in [0.5, 0.6) is 0 Å². The molecule has 26 heavy (non-hydrogen) atoms. The average molecular weight is 363 g/mol. The van der Waals surface area contributed by atoms with Gasteiger partial charge in [0, 0.05) is 36.6 Å². The number of nitrogens with zero attached hydrogens (tertiary/aromatic N) is 1. The summed E-state index contributed by atoms with van der Waals surface area (Å²) in [6.07, 6.45) is 6.64. The van der Waals surface area contributed by atoms with Crippen molar-refractivity contribution in [2.45, 2.75) is 79.3 Å². The van der Waals surface area contributed by atoms with Gasteiger partial charge < -0.3 is 16.0 Å². The lowest BCUT2D eigenvalue weighted by Crippen LogP contribution is -2.36. The molecule has 0 fully saturated rings. The smallest absolute Gasteiger partial charge is 0.0576 e. The van der Waals surface area contributed by atoms with Gasteiger partial charge >= 0.3 is 0 Å². The Hall–Kier alpha value is -1.29. The van der Waals surface area contributed by atoms with Gasteiger partial charge in [-0.25, -0.2) is 0 Å². The second-order valence-corrected chi connectivity index (χ2v) is 8.28. The molecule has 3 N–H and O–H groups in total. The van der Waals surface area contributed by atoms with E-state index in [0.29, 0.717) is 18.0 Å². The van der Waals surface area contributed by atoms with Gasteiger partial charge in [-0.05, 0) is 57.9 Å². The van der Waals surface area contributed by atoms with E-state index in [4.69, 9.17) is 0 Å². The Morgan fingerprint density at radius 1 is 1.31 bits per heavy atom. The third-order valence-corrected chi connectivity index (χ3v) is 4.95. The first-order chi connectivity index (χ1) is 12.3. The van der Waals surface area contributed by atoms with Crippen LogP contribution in [0, 0.1) is 11.8 Å². The first kappa shape index (κ1) is 22.8. The van der Waals surface area contributed by atoms with Crippen LogP contribution in [0.15, 0.2) is 29.0 Å². The molecule has 150 valence electrons. The van der Waals surface area contributed by atoms with Crippen molar-refractivity contribution in [3.05, 3.63) is 24.0 Å². The Labute approximate surface area is 162 Å². The van der Waals surface area contributed by atoms with Gasteiger partial charge in [0.2, 0.25) is 0 Å². The molecule has 4 nitrogen and oxygen atoms in total. The zero-order valence-electron chi connectivity index (χ0n) is 18.0. The fraction of sp³-hybridized carbons (Fsp3) is 0.773. The van der Waals surface area contributed by atoms with Crippen molar-refractivity contribution in [3.8, 4) is 0 Å². The van der Waals surface area contributed by atoms with E-state index >= 15 is 0 Å². The SMILES string of the molecule is C=C(NC(CC)CCNC/C(=C\C)NC(C)CC(C)C)C1=NCC(C)C1. The highest BCUT2D eigenvalue weighted by molar-refractivity contribution is 6.00. The zero-order valence-corrected chi connectivity index (χ0v) is 18.0. The predicted molar refractivity (Wildman–Crippen MR) is 116 cm³/mol. The van der Waals surface area contributed by atoms with Crippen molar-refractivity contribution < 1.29 is 0 Å². The minimum atomic E-state index is 0.454. The van der Waals surface area contributed by atoms with E-state index < -0.39 is 0 Å². The summed E-state index contributed by atoms with van der Waals surface area (Å²) in [5.41, 5.74) is 3.49. The van der Waals surface area contributed by atoms with E-state index in [2.05, 4.69) is 75.1 Å². The van der Waals surface area contributed by atoms with Crippen molar-refractivity contribution in [1.29, 1.82) is 0 Å². The van der Waals surface area contributed by atoms with E-state index in [1.165, 1.54) is 17.8 Å². The Morgan fingerprint density at radius 2 is 2.04 bits per heavy atom. The van der Waals surface area contributed by atoms with Crippen LogP contribution in [0.2, 0.25) is 0 Å². The highest BCUT2D eigenvalue weighted by atomic mass is 15.0. The maximum atomic E-state index is 4.61. The summed E-state index contributed by atoms with van der Waals surface area (Å²) >= 11 is 0. The summed E-state index contributed by atoms with van der Waals surface area (Å²) < 4.78 is 0. The normalized spacial score (nSPS) is 20.0. The monoisotopic (exact) mass is 362 g/mol. The molecule has 1 heterocycles. The second kappa shape index (κ2) is 12.2. The molecular weight excluding hydrogens is 320 g/mol. The Kier molecular flexibility index (Phi) is 10.6. The lowest BCUT2D eigenvalue weighted by atomic mass is 10.0. The molecule has 1 rings (SSSR count). The van der Waals surface area contributed by atoms with Crippen molar-refractivity contribution >= 4 is 5.71 Å². The summed E-state index contributed by atoms with van der Waals surface area (Å²) in [5.74, 6) is 1.38. The van der Waals surface area contributed by atoms with E-state index in [1.807, 2.05) is 0 Å². The van der Waals surface area contributed by atoms with Gasteiger partial charge in [0.05, 0.1) is 5.71 Å². The number of hydrogen-bond acceptors (Lipinski definition) is 4. The topological polar surface area (TPSA) is 48.4 Å². The minimum absolute atomic E-state index is 0.454. The van der Waals surface area contributed by atoms with E-state index in [0.717, 1.165) is 50.5 Å². The van der Waals surface area contributed by atoms with Gasteiger partial charge in [-0.2, -0.15) is 0 Å². The van der Waals surface area contributed by atoms with E-state index in [1.54, 1.807) is 0 Å². The van der Waals surface area contributed by atoms with Crippen molar-refractivity contribution in [2.75, 3.05) is 19.6 Å². The number of rotatable bonds is 13. The quantitative estimate of drug-likeness (QED) is 0.429. The second-order valence-electron chi connectivity index (χ2n) is 8.28. The zero-order chi connectivity index (χ0) is 19.5. The Morgan fingerprint density at radius 3 is 2.58 bits per heavy atom. The minimum Gasteiger partial charge on any atom is -0.385 e. The molecule has 0 bridgehead atoms.